The van der Waals surface area contributed by atoms with Crippen LogP contribution in [0.1, 0.15) is 30.9 Å². The normalized spacial score (nSPS) is 17.8. The highest BCUT2D eigenvalue weighted by molar-refractivity contribution is 5.84. The van der Waals surface area contributed by atoms with E-state index in [9.17, 15) is 14.7 Å². The molecule has 2 heterocycles. The van der Waals surface area contributed by atoms with E-state index < -0.39 is 11.5 Å². The Morgan fingerprint density at radius 2 is 1.89 bits per heavy atom. The lowest BCUT2D eigenvalue weighted by molar-refractivity contribution is -0.140. The Morgan fingerprint density at radius 3 is 2.54 bits per heavy atom. The number of hydrogen-bond acceptors (Lipinski definition) is 4. The van der Waals surface area contributed by atoms with Gasteiger partial charge in [0.2, 0.25) is 0 Å². The number of carbonyl (C=O) groups excluding carboxylic acids is 1. The van der Waals surface area contributed by atoms with Crippen LogP contribution in [0.25, 0.3) is 0 Å². The fraction of sp³-hybridized carbons (Fsp3) is 0.455. The van der Waals surface area contributed by atoms with E-state index in [2.05, 4.69) is 22.3 Å². The molecule has 6 nitrogen and oxygen atoms in total. The quantitative estimate of drug-likeness (QED) is 0.796. The van der Waals surface area contributed by atoms with Gasteiger partial charge in [-0.25, -0.2) is 0 Å². The molecule has 0 saturated carbocycles. The van der Waals surface area contributed by atoms with E-state index in [1.165, 1.54) is 23.1 Å². The maximum Gasteiger partial charge on any atom is 0.253 e. The van der Waals surface area contributed by atoms with E-state index in [0.29, 0.717) is 0 Å². The van der Waals surface area contributed by atoms with Crippen molar-refractivity contribution in [1.29, 1.82) is 0 Å². The molecule has 0 bridgehead atoms. The number of amides is 1. The van der Waals surface area contributed by atoms with Gasteiger partial charge < -0.3 is 15.0 Å². The molecule has 1 aromatic heterocycles. The maximum atomic E-state index is 12.6. The summed E-state index contributed by atoms with van der Waals surface area (Å²) < 4.78 is 1.37. The highest BCUT2D eigenvalue weighted by Crippen LogP contribution is 2.15. The van der Waals surface area contributed by atoms with Gasteiger partial charge in [-0.05, 0) is 43.9 Å². The number of aromatic nitrogens is 1. The van der Waals surface area contributed by atoms with Crippen LogP contribution in [0.2, 0.25) is 0 Å². The van der Waals surface area contributed by atoms with Crippen molar-refractivity contribution in [2.75, 3.05) is 13.1 Å². The van der Waals surface area contributed by atoms with Crippen molar-refractivity contribution in [3.63, 3.8) is 0 Å². The summed E-state index contributed by atoms with van der Waals surface area (Å²) in [5, 5.41) is 13.6. The second-order valence-electron chi connectivity index (χ2n) is 7.95. The molecule has 1 aromatic carbocycles. The van der Waals surface area contributed by atoms with Gasteiger partial charge in [-0.2, -0.15) is 0 Å². The molecule has 1 amide bonds. The predicted molar refractivity (Wildman–Crippen MR) is 109 cm³/mol. The maximum absolute atomic E-state index is 12.6. The number of rotatable bonds is 6. The first kappa shape index (κ1) is 20.3. The Labute approximate surface area is 165 Å². The first-order chi connectivity index (χ1) is 13.3. The molecule has 1 aliphatic rings. The van der Waals surface area contributed by atoms with Gasteiger partial charge in [-0.15, -0.1) is 0 Å². The standard InChI is InChI=1S/C22H29N3O3/c1-17-8-13-25(20(26)14-17)16-22(2,28)21(27)23-19-9-11-24(12-10-19)15-18-6-4-3-5-7-18/h3-8,13-14,19,28H,9-12,15-16H2,1-2H3,(H,23,27). The first-order valence-corrected chi connectivity index (χ1v) is 9.80. The summed E-state index contributed by atoms with van der Waals surface area (Å²) in [5.74, 6) is -0.429. The lowest BCUT2D eigenvalue weighted by Crippen LogP contribution is -2.53. The number of hydrogen-bond donors (Lipinski definition) is 2. The van der Waals surface area contributed by atoms with E-state index in [1.807, 2.05) is 25.1 Å². The van der Waals surface area contributed by atoms with Gasteiger partial charge in [0.15, 0.2) is 5.60 Å². The molecular weight excluding hydrogens is 354 g/mol. The minimum Gasteiger partial charge on any atom is -0.378 e. The second-order valence-corrected chi connectivity index (χ2v) is 7.95. The third-order valence-electron chi connectivity index (χ3n) is 5.29. The minimum atomic E-state index is -1.64. The lowest BCUT2D eigenvalue weighted by Gasteiger charge is -2.34. The summed E-state index contributed by atoms with van der Waals surface area (Å²) in [5.41, 5.74) is 0.284. The molecule has 0 spiro atoms. The van der Waals surface area contributed by atoms with Gasteiger partial charge >= 0.3 is 0 Å². The molecule has 1 aliphatic heterocycles. The summed E-state index contributed by atoms with van der Waals surface area (Å²) in [6.45, 7) is 5.94. The lowest BCUT2D eigenvalue weighted by atomic mass is 10.0. The van der Waals surface area contributed by atoms with Crippen LogP contribution < -0.4 is 10.9 Å². The average Bonchev–Trinajstić information content (AvgIpc) is 2.66. The summed E-state index contributed by atoms with van der Waals surface area (Å²) in [6.07, 6.45) is 3.31. The Morgan fingerprint density at radius 1 is 1.21 bits per heavy atom. The number of nitrogens with one attached hydrogen (secondary N) is 1. The molecule has 150 valence electrons. The topological polar surface area (TPSA) is 74.6 Å². The smallest absolute Gasteiger partial charge is 0.253 e. The Hall–Kier alpha value is -2.44. The molecule has 2 N–H and O–H groups in total. The zero-order valence-corrected chi connectivity index (χ0v) is 16.6. The van der Waals surface area contributed by atoms with E-state index in [1.54, 1.807) is 12.3 Å². The van der Waals surface area contributed by atoms with Crippen LogP contribution >= 0.6 is 0 Å². The van der Waals surface area contributed by atoms with Crippen molar-refractivity contribution < 1.29 is 9.90 Å². The molecule has 3 rings (SSSR count). The van der Waals surface area contributed by atoms with Crippen molar-refractivity contribution in [2.24, 2.45) is 0 Å². The summed E-state index contributed by atoms with van der Waals surface area (Å²) in [6, 6.07) is 13.7. The Bertz CT molecular complexity index is 853. The van der Waals surface area contributed by atoms with Crippen molar-refractivity contribution in [2.45, 2.75) is 51.4 Å². The zero-order valence-electron chi connectivity index (χ0n) is 16.6. The third kappa shape index (κ3) is 5.30. The highest BCUT2D eigenvalue weighted by Gasteiger charge is 2.33. The number of likely N-dealkylation sites (tertiary alicyclic amines) is 1. The third-order valence-corrected chi connectivity index (χ3v) is 5.29. The van der Waals surface area contributed by atoms with Gasteiger partial charge in [-0.1, -0.05) is 30.3 Å². The average molecular weight is 383 g/mol. The van der Waals surface area contributed by atoms with Crippen LogP contribution in [0.3, 0.4) is 0 Å². The van der Waals surface area contributed by atoms with E-state index >= 15 is 0 Å². The van der Waals surface area contributed by atoms with Crippen LogP contribution in [0.5, 0.6) is 0 Å². The monoisotopic (exact) mass is 383 g/mol. The number of aryl methyl sites for hydroxylation is 1. The van der Waals surface area contributed by atoms with E-state index in [4.69, 9.17) is 0 Å². The number of piperidine rings is 1. The number of aliphatic hydroxyl groups is 1. The van der Waals surface area contributed by atoms with Crippen molar-refractivity contribution in [1.82, 2.24) is 14.8 Å². The van der Waals surface area contributed by atoms with Crippen LogP contribution in [0, 0.1) is 6.92 Å². The predicted octanol–water partition coefficient (Wildman–Crippen LogP) is 1.69. The fourth-order valence-electron chi connectivity index (χ4n) is 3.56. The number of carbonyl (C=O) groups is 1. The molecule has 1 atom stereocenters. The van der Waals surface area contributed by atoms with Crippen molar-refractivity contribution >= 4 is 5.91 Å². The molecule has 1 unspecified atom stereocenters. The largest absolute Gasteiger partial charge is 0.378 e. The number of nitrogens with zero attached hydrogens (tertiary/aromatic N) is 2. The molecule has 28 heavy (non-hydrogen) atoms. The molecule has 1 fully saturated rings. The van der Waals surface area contributed by atoms with E-state index in [-0.39, 0.29) is 18.1 Å². The minimum absolute atomic E-state index is 0.0424. The van der Waals surface area contributed by atoms with Gasteiger partial charge in [-0.3, -0.25) is 14.5 Å². The zero-order chi connectivity index (χ0) is 20.1. The summed E-state index contributed by atoms with van der Waals surface area (Å²) in [7, 11) is 0. The number of benzene rings is 1. The summed E-state index contributed by atoms with van der Waals surface area (Å²) >= 11 is 0. The second kappa shape index (κ2) is 8.71. The Kier molecular flexibility index (Phi) is 6.31. The molecule has 2 aromatic rings. The SMILES string of the molecule is Cc1ccn(CC(C)(O)C(=O)NC2CCN(Cc3ccccc3)CC2)c(=O)c1. The number of pyridine rings is 1. The van der Waals surface area contributed by atoms with Crippen LogP contribution in [-0.2, 0) is 17.9 Å². The Balaban J connectivity index is 1.51. The van der Waals surface area contributed by atoms with Crippen LogP contribution in [0.15, 0.2) is 53.5 Å². The molecule has 1 saturated heterocycles. The highest BCUT2D eigenvalue weighted by atomic mass is 16.3. The van der Waals surface area contributed by atoms with Gasteiger partial charge in [0, 0.05) is 37.9 Å². The van der Waals surface area contributed by atoms with Crippen LogP contribution in [0.4, 0.5) is 0 Å². The first-order valence-electron chi connectivity index (χ1n) is 9.80. The van der Waals surface area contributed by atoms with Gasteiger partial charge in [0.25, 0.3) is 11.5 Å². The van der Waals surface area contributed by atoms with Crippen molar-refractivity contribution in [3.05, 3.63) is 70.1 Å². The molecule has 0 aliphatic carbocycles. The van der Waals surface area contributed by atoms with Gasteiger partial charge in [0.1, 0.15) is 0 Å². The van der Waals surface area contributed by atoms with Gasteiger partial charge in [0.05, 0.1) is 6.54 Å². The van der Waals surface area contributed by atoms with Crippen molar-refractivity contribution in [3.8, 4) is 0 Å². The van der Waals surface area contributed by atoms with Crippen LogP contribution in [-0.4, -0.2) is 45.2 Å². The van der Waals surface area contributed by atoms with E-state index in [0.717, 1.165) is 38.0 Å². The fourth-order valence-corrected chi connectivity index (χ4v) is 3.56. The molecule has 0 radical (unpaired) electrons. The summed E-state index contributed by atoms with van der Waals surface area (Å²) in [4.78, 5) is 27.0. The molecular formula is C22H29N3O3. The molecule has 6 heteroatoms.